The number of fused-ring (bicyclic) bond motifs is 3. The number of Topliss-reactive ketones (excluding diaryl/α,β-unsaturated/α-hetero) is 1. The zero-order valence-electron chi connectivity index (χ0n) is 22.6. The molecule has 5 fully saturated rings. The van der Waals surface area contributed by atoms with Crippen molar-refractivity contribution in [1.29, 1.82) is 0 Å². The Morgan fingerprint density at radius 2 is 1.92 bits per heavy atom. The maximum Gasteiger partial charge on any atom is 0.306 e. The summed E-state index contributed by atoms with van der Waals surface area (Å²) in [6.07, 6.45) is 10.6. The van der Waals surface area contributed by atoms with Crippen LogP contribution in [-0.2, 0) is 23.7 Å². The summed E-state index contributed by atoms with van der Waals surface area (Å²) >= 11 is 0. The number of hydrogen-bond donors (Lipinski definition) is 3. The first kappa shape index (κ1) is 26.6. The topological polar surface area (TPSA) is 118 Å². The second-order valence-electron chi connectivity index (χ2n) is 12.2. The predicted molar refractivity (Wildman–Crippen MR) is 138 cm³/mol. The molecule has 3 aliphatic heterocycles. The van der Waals surface area contributed by atoms with Crippen LogP contribution >= 0.6 is 0 Å². The van der Waals surface area contributed by atoms with Gasteiger partial charge in [0.15, 0.2) is 11.4 Å². The number of unbranched alkanes of at least 4 members (excludes halogenated alkanes) is 3. The van der Waals surface area contributed by atoms with Crippen LogP contribution in [0.2, 0.25) is 0 Å². The smallest absolute Gasteiger partial charge is 0.306 e. The highest BCUT2D eigenvalue weighted by Gasteiger charge is 2.87. The van der Waals surface area contributed by atoms with E-state index in [4.69, 9.17) is 18.9 Å². The lowest BCUT2D eigenvalue weighted by molar-refractivity contribution is -0.407. The van der Waals surface area contributed by atoms with Crippen molar-refractivity contribution in [2.45, 2.75) is 101 Å². The molecule has 0 spiro atoms. The van der Waals surface area contributed by atoms with E-state index in [9.17, 15) is 20.1 Å². The number of rotatable bonds is 8. The molecule has 1 unspecified atom stereocenters. The van der Waals surface area contributed by atoms with E-state index in [1.807, 2.05) is 26.0 Å². The summed E-state index contributed by atoms with van der Waals surface area (Å²) in [6, 6.07) is 0. The third-order valence-electron chi connectivity index (χ3n) is 10.1. The van der Waals surface area contributed by atoms with Crippen molar-refractivity contribution in [2.24, 2.45) is 23.7 Å². The third-order valence-corrected chi connectivity index (χ3v) is 10.1. The second-order valence-corrected chi connectivity index (χ2v) is 12.2. The molecule has 3 heterocycles. The average Bonchev–Trinajstić information content (AvgIpc) is 3.50. The van der Waals surface area contributed by atoms with Crippen LogP contribution in [-0.4, -0.2) is 74.9 Å². The van der Waals surface area contributed by atoms with Crippen LogP contribution in [0.15, 0.2) is 48.1 Å². The van der Waals surface area contributed by atoms with Gasteiger partial charge >= 0.3 is 5.97 Å². The van der Waals surface area contributed by atoms with Crippen molar-refractivity contribution in [2.75, 3.05) is 6.61 Å². The number of carbonyl (C=O) groups excluding carboxylic acids is 1. The fraction of sp³-hybridized carbons (Fsp3) is 0.700. The van der Waals surface area contributed by atoms with Crippen LogP contribution < -0.4 is 0 Å². The maximum atomic E-state index is 13.5. The first-order valence-electron chi connectivity index (χ1n) is 14.0. The number of hydrogen-bond acceptors (Lipinski definition) is 8. The largest absolute Gasteiger partial charge is 0.393 e. The summed E-state index contributed by atoms with van der Waals surface area (Å²) in [5.41, 5.74) is -3.67. The van der Waals surface area contributed by atoms with Crippen molar-refractivity contribution in [1.82, 2.24) is 0 Å². The van der Waals surface area contributed by atoms with Gasteiger partial charge in [0.25, 0.3) is 0 Å². The first-order chi connectivity index (χ1) is 18.0. The molecule has 3 bridgehead atoms. The standard InChI is InChI=1S/C30H40O8/c1-6-7-8-9-10-11-12-13-28-35-22-20(16(2)3)18(5)30(38-28)19-14-17(4)24(32)29(19,34)26(33)27(15-31)25(37-27)21(30)23(22)36-28/h10-14,18-23,25-26,31,33-34H,2,6-9,15H2,1,3-5H3/b11-10+,13-12+/t18-,19-,20-,21-,22+,23-,25+,26-,27+,28?,29-,30+/m1/s1. The van der Waals surface area contributed by atoms with Gasteiger partial charge in [0.1, 0.15) is 17.8 Å². The lowest BCUT2D eigenvalue weighted by Gasteiger charge is -2.59. The van der Waals surface area contributed by atoms with Crippen LogP contribution in [0.3, 0.4) is 0 Å². The van der Waals surface area contributed by atoms with Gasteiger partial charge < -0.3 is 34.3 Å². The van der Waals surface area contributed by atoms with Crippen molar-refractivity contribution < 1.29 is 39.1 Å². The number of ketones is 1. The van der Waals surface area contributed by atoms with Crippen molar-refractivity contribution >= 4 is 5.78 Å². The molecule has 0 radical (unpaired) electrons. The fourth-order valence-electron chi connectivity index (χ4n) is 8.38. The minimum absolute atomic E-state index is 0.190. The number of allylic oxidation sites excluding steroid dienone is 3. The zero-order chi connectivity index (χ0) is 27.3. The summed E-state index contributed by atoms with van der Waals surface area (Å²) in [4.78, 5) is 13.5. The monoisotopic (exact) mass is 528 g/mol. The molecule has 8 heteroatoms. The van der Waals surface area contributed by atoms with Crippen LogP contribution in [0.4, 0.5) is 0 Å². The Hall–Kier alpha value is -1.65. The van der Waals surface area contributed by atoms with Crippen molar-refractivity contribution in [3.63, 3.8) is 0 Å². The van der Waals surface area contributed by atoms with Crippen molar-refractivity contribution in [3.05, 3.63) is 48.1 Å². The highest BCUT2D eigenvalue weighted by Crippen LogP contribution is 2.71. The molecule has 3 N–H and O–H groups in total. The molecule has 6 rings (SSSR count). The first-order valence-corrected chi connectivity index (χ1v) is 14.0. The molecule has 0 amide bonds. The number of aliphatic hydroxyl groups excluding tert-OH is 2. The Labute approximate surface area is 224 Å². The summed E-state index contributed by atoms with van der Waals surface area (Å²) < 4.78 is 26.1. The molecular formula is C30H40O8. The molecule has 3 saturated heterocycles. The molecule has 0 aromatic carbocycles. The van der Waals surface area contributed by atoms with E-state index in [2.05, 4.69) is 19.6 Å². The maximum absolute atomic E-state index is 13.5. The number of epoxide rings is 1. The molecular weight excluding hydrogens is 488 g/mol. The molecule has 8 nitrogen and oxygen atoms in total. The van der Waals surface area contributed by atoms with E-state index in [0.717, 1.165) is 24.8 Å². The van der Waals surface area contributed by atoms with E-state index in [-0.39, 0.29) is 11.8 Å². The van der Waals surface area contributed by atoms with E-state index in [1.165, 1.54) is 6.42 Å². The van der Waals surface area contributed by atoms with Gasteiger partial charge in [-0.25, -0.2) is 0 Å². The molecule has 38 heavy (non-hydrogen) atoms. The van der Waals surface area contributed by atoms with Gasteiger partial charge in [-0.05, 0) is 38.2 Å². The van der Waals surface area contributed by atoms with E-state index in [0.29, 0.717) is 5.57 Å². The predicted octanol–water partition coefficient (Wildman–Crippen LogP) is 2.72. The molecule has 0 aromatic heterocycles. The second kappa shape index (κ2) is 8.67. The van der Waals surface area contributed by atoms with Crippen LogP contribution in [0.25, 0.3) is 0 Å². The van der Waals surface area contributed by atoms with Gasteiger partial charge in [0.2, 0.25) is 0 Å². The summed E-state index contributed by atoms with van der Waals surface area (Å²) in [6.45, 7) is 11.5. The number of aliphatic hydroxyl groups is 3. The highest BCUT2D eigenvalue weighted by molar-refractivity contribution is 6.05. The van der Waals surface area contributed by atoms with Crippen LogP contribution in [0, 0.1) is 23.7 Å². The van der Waals surface area contributed by atoms with Gasteiger partial charge in [0.05, 0.1) is 24.4 Å². The molecule has 3 aliphatic carbocycles. The minimum atomic E-state index is -2.22. The molecule has 0 aromatic rings. The summed E-state index contributed by atoms with van der Waals surface area (Å²) in [5.74, 6) is -3.96. The number of ether oxygens (including phenoxy) is 4. The third kappa shape index (κ3) is 3.14. The summed E-state index contributed by atoms with van der Waals surface area (Å²) in [7, 11) is 0. The van der Waals surface area contributed by atoms with E-state index < -0.39 is 71.4 Å². The van der Waals surface area contributed by atoms with Gasteiger partial charge in [-0.2, -0.15) is 0 Å². The Balaban J connectivity index is 1.48. The van der Waals surface area contributed by atoms with Crippen LogP contribution in [0.1, 0.15) is 53.4 Å². The fourth-order valence-corrected chi connectivity index (χ4v) is 8.38. The summed E-state index contributed by atoms with van der Waals surface area (Å²) in [5, 5.41) is 34.1. The zero-order valence-corrected chi connectivity index (χ0v) is 22.6. The Bertz CT molecular complexity index is 1130. The van der Waals surface area contributed by atoms with E-state index >= 15 is 0 Å². The van der Waals surface area contributed by atoms with Gasteiger partial charge in [-0.1, -0.05) is 63.1 Å². The van der Waals surface area contributed by atoms with Gasteiger partial charge in [-0.3, -0.25) is 4.79 Å². The lowest BCUT2D eigenvalue weighted by atomic mass is 9.53. The van der Waals surface area contributed by atoms with Crippen molar-refractivity contribution in [3.8, 4) is 0 Å². The SMILES string of the molecule is C=C(C)[C@H]1[C@@H]2OC3(/C=C/C=C/CCCCC)O[C@@H]2[C@@H]2[C@@H]4O[C@]4(CO)[C@@H](O)[C@]4(O)C(=O)C(C)=C[C@H]4[C@@]2(O3)[C@@H]1C. The molecule has 208 valence electrons. The van der Waals surface area contributed by atoms with Crippen LogP contribution in [0.5, 0.6) is 0 Å². The average molecular weight is 529 g/mol. The van der Waals surface area contributed by atoms with E-state index in [1.54, 1.807) is 19.1 Å². The molecule has 2 saturated carbocycles. The highest BCUT2D eigenvalue weighted by atomic mass is 16.9. The quantitative estimate of drug-likeness (QED) is 0.191. The Kier molecular flexibility index (Phi) is 6.06. The lowest BCUT2D eigenvalue weighted by Crippen LogP contribution is -2.72. The van der Waals surface area contributed by atoms with Gasteiger partial charge in [-0.15, -0.1) is 0 Å². The number of carbonyl (C=O) groups is 1. The Morgan fingerprint density at radius 3 is 2.61 bits per heavy atom. The van der Waals surface area contributed by atoms with Gasteiger partial charge in [0, 0.05) is 23.8 Å². The minimum Gasteiger partial charge on any atom is -0.393 e. The Morgan fingerprint density at radius 1 is 1.18 bits per heavy atom. The molecule has 6 aliphatic rings. The molecule has 12 atom stereocenters. The normalized spacial score (nSPS) is 52.2.